The van der Waals surface area contributed by atoms with Crippen LogP contribution in [0.15, 0.2) is 118 Å². The first-order valence-corrected chi connectivity index (χ1v) is 16.2. The topological polar surface area (TPSA) is 107 Å². The van der Waals surface area contributed by atoms with Gasteiger partial charge in [-0.15, -0.1) is 0 Å². The van der Waals surface area contributed by atoms with Crippen LogP contribution in [0.1, 0.15) is 40.6 Å². The number of imide groups is 1. The van der Waals surface area contributed by atoms with Crippen LogP contribution in [0.4, 0.5) is 5.69 Å². The van der Waals surface area contributed by atoms with Gasteiger partial charge in [-0.1, -0.05) is 84.4 Å². The number of rotatable bonds is 4. The maximum absolute atomic E-state index is 15.3. The van der Waals surface area contributed by atoms with Gasteiger partial charge in [0.2, 0.25) is 11.8 Å². The Hall–Kier alpha value is -5.41. The molecule has 2 fully saturated rings. The Labute approximate surface area is 280 Å². The largest absolute Gasteiger partial charge is 0.507 e. The number of hydrogen-bond acceptors (Lipinski definition) is 5. The second-order valence-electron chi connectivity index (χ2n) is 12.8. The number of benzene rings is 4. The number of nitrogens with zero attached hydrogens (tertiary/aromatic N) is 4. The van der Waals surface area contributed by atoms with Gasteiger partial charge in [-0.05, 0) is 78.4 Å². The van der Waals surface area contributed by atoms with Gasteiger partial charge in [0, 0.05) is 10.9 Å². The summed E-state index contributed by atoms with van der Waals surface area (Å²) in [6, 6.07) is 27.8. The van der Waals surface area contributed by atoms with Crippen LogP contribution < -0.4 is 16.3 Å². The number of hydrogen-bond donors (Lipinski definition) is 1. The van der Waals surface area contributed by atoms with E-state index in [-0.39, 0.29) is 18.7 Å². The number of aryl methyl sites for hydroxylation is 2. The van der Waals surface area contributed by atoms with Crippen LogP contribution in [0.2, 0.25) is 5.02 Å². The molecular weight excluding hydrogens is 628 g/mol. The SMILES string of the molecule is Cc1cc([C@H]2C3=CCn4c(=O)n(-c5ccccc5)c(=O)n4[C@@H]3C[C@H]3C(=O)N(c4cccc(Cl)c4)C(=O)[C@@]23c2ccccc2)cc(C)c1O. The summed E-state index contributed by atoms with van der Waals surface area (Å²) in [4.78, 5) is 59.4. The van der Waals surface area contributed by atoms with Crippen molar-refractivity contribution in [2.45, 2.75) is 44.2 Å². The second-order valence-corrected chi connectivity index (χ2v) is 13.2. The third-order valence-electron chi connectivity index (χ3n) is 10.3. The number of halogens is 1. The van der Waals surface area contributed by atoms with Crippen molar-refractivity contribution in [3.63, 3.8) is 0 Å². The van der Waals surface area contributed by atoms with E-state index in [2.05, 4.69) is 0 Å². The second kappa shape index (κ2) is 10.8. The van der Waals surface area contributed by atoms with Crippen LogP contribution in [0.5, 0.6) is 5.75 Å². The molecule has 0 bridgehead atoms. The Morgan fingerprint density at radius 3 is 2.10 bits per heavy atom. The Kier molecular flexibility index (Phi) is 6.75. The zero-order chi connectivity index (χ0) is 33.5. The highest BCUT2D eigenvalue weighted by molar-refractivity contribution is 6.32. The fraction of sp³-hybridized carbons (Fsp3) is 0.211. The first-order valence-electron chi connectivity index (χ1n) is 15.8. The molecule has 1 aliphatic carbocycles. The number of carbonyl (C=O) groups excluding carboxylic acids is 2. The summed E-state index contributed by atoms with van der Waals surface area (Å²) < 4.78 is 4.03. The van der Waals surface area contributed by atoms with E-state index in [1.165, 1.54) is 14.3 Å². The van der Waals surface area contributed by atoms with Gasteiger partial charge in [-0.2, -0.15) is 0 Å². The van der Waals surface area contributed by atoms with E-state index in [0.29, 0.717) is 33.1 Å². The highest BCUT2D eigenvalue weighted by Gasteiger charge is 2.68. The Morgan fingerprint density at radius 2 is 1.44 bits per heavy atom. The number of phenols is 1. The van der Waals surface area contributed by atoms with Crippen LogP contribution in [0, 0.1) is 19.8 Å². The van der Waals surface area contributed by atoms with Crippen molar-refractivity contribution >= 4 is 29.1 Å². The number of phenolic OH excluding ortho intramolecular Hbond substituents is 1. The van der Waals surface area contributed by atoms with E-state index >= 15 is 4.79 Å². The summed E-state index contributed by atoms with van der Waals surface area (Å²) in [5.41, 5.74) is 1.80. The van der Waals surface area contributed by atoms with E-state index in [4.69, 9.17) is 11.6 Å². The minimum atomic E-state index is -1.41. The molecule has 1 aromatic heterocycles. The molecule has 2 amide bonds. The number of amides is 2. The van der Waals surface area contributed by atoms with Crippen molar-refractivity contribution in [2.24, 2.45) is 5.92 Å². The molecule has 4 aromatic carbocycles. The molecule has 48 heavy (non-hydrogen) atoms. The normalized spacial score (nSPS) is 23.0. The lowest BCUT2D eigenvalue weighted by Crippen LogP contribution is -2.53. The van der Waals surface area contributed by atoms with Crippen LogP contribution in [0.25, 0.3) is 5.69 Å². The van der Waals surface area contributed by atoms with Gasteiger partial charge in [0.15, 0.2) is 0 Å². The standard InChI is InChI=1S/C38H31ClN4O5/c1-22-18-24(19-23(2)33(22)44)32-29-16-17-40-36(47)42(27-13-7-4-8-14-27)37(48)43(40)31(29)21-30-34(45)41(28-15-9-12-26(39)20-28)35(46)38(30,32)25-10-5-3-6-11-25/h3-16,18-20,30-32,44H,17,21H2,1-2H3/t30-,31+,32-,38+/m0/s1. The average molecular weight is 659 g/mol. The molecule has 2 aliphatic heterocycles. The molecule has 5 aromatic rings. The average Bonchev–Trinajstić information content (AvgIpc) is 3.48. The molecule has 0 spiro atoms. The molecule has 3 aliphatic rings. The maximum atomic E-state index is 15.3. The molecule has 10 heteroatoms. The van der Waals surface area contributed by atoms with Crippen molar-refractivity contribution in [3.8, 4) is 11.4 Å². The van der Waals surface area contributed by atoms with E-state index in [1.54, 1.807) is 62.4 Å². The number of anilines is 1. The molecule has 1 N–H and O–H groups in total. The predicted molar refractivity (Wildman–Crippen MR) is 182 cm³/mol. The van der Waals surface area contributed by atoms with Gasteiger partial charge in [-0.25, -0.2) is 28.4 Å². The summed E-state index contributed by atoms with van der Waals surface area (Å²) in [5.74, 6) is -2.29. The monoisotopic (exact) mass is 658 g/mol. The molecule has 3 heterocycles. The van der Waals surface area contributed by atoms with Gasteiger partial charge < -0.3 is 5.11 Å². The first-order chi connectivity index (χ1) is 23.1. The van der Waals surface area contributed by atoms with Crippen molar-refractivity contribution in [3.05, 3.63) is 157 Å². The van der Waals surface area contributed by atoms with Crippen molar-refractivity contribution < 1.29 is 14.7 Å². The summed E-state index contributed by atoms with van der Waals surface area (Å²) in [6.45, 7) is 3.70. The van der Waals surface area contributed by atoms with Crippen molar-refractivity contribution in [1.29, 1.82) is 0 Å². The number of aromatic nitrogens is 3. The minimum absolute atomic E-state index is 0.0992. The lowest BCUT2D eigenvalue weighted by Gasteiger charge is -2.49. The molecule has 4 atom stereocenters. The summed E-state index contributed by atoms with van der Waals surface area (Å²) in [5, 5.41) is 11.2. The van der Waals surface area contributed by atoms with Crippen LogP contribution in [0.3, 0.4) is 0 Å². The van der Waals surface area contributed by atoms with Crippen LogP contribution >= 0.6 is 11.6 Å². The maximum Gasteiger partial charge on any atom is 0.352 e. The lowest BCUT2D eigenvalue weighted by atomic mass is 9.53. The fourth-order valence-corrected chi connectivity index (χ4v) is 8.52. The quantitative estimate of drug-likeness (QED) is 0.201. The molecule has 0 radical (unpaired) electrons. The Bertz CT molecular complexity index is 2280. The van der Waals surface area contributed by atoms with Crippen molar-refractivity contribution in [1.82, 2.24) is 13.9 Å². The Morgan fingerprint density at radius 1 is 0.792 bits per heavy atom. The molecule has 8 rings (SSSR count). The predicted octanol–water partition coefficient (Wildman–Crippen LogP) is 5.57. The highest BCUT2D eigenvalue weighted by Crippen LogP contribution is 2.62. The third kappa shape index (κ3) is 4.03. The summed E-state index contributed by atoms with van der Waals surface area (Å²) >= 11 is 6.38. The van der Waals surface area contributed by atoms with Crippen molar-refractivity contribution in [2.75, 3.05) is 4.90 Å². The number of aromatic hydroxyl groups is 1. The van der Waals surface area contributed by atoms with Gasteiger partial charge in [-0.3, -0.25) is 9.59 Å². The smallest absolute Gasteiger partial charge is 0.352 e. The first kappa shape index (κ1) is 30.0. The van der Waals surface area contributed by atoms with Gasteiger partial charge in [0.25, 0.3) is 0 Å². The van der Waals surface area contributed by atoms with Gasteiger partial charge in [0.1, 0.15) is 5.75 Å². The number of para-hydroxylation sites is 1. The molecule has 1 saturated carbocycles. The summed E-state index contributed by atoms with van der Waals surface area (Å²) in [6.07, 6.45) is 2.04. The number of allylic oxidation sites excluding steroid dienone is 2. The summed E-state index contributed by atoms with van der Waals surface area (Å²) in [7, 11) is 0. The molecule has 1 saturated heterocycles. The number of fused-ring (bicyclic) bond motifs is 4. The lowest BCUT2D eigenvalue weighted by molar-refractivity contribution is -0.124. The van der Waals surface area contributed by atoms with E-state index in [0.717, 1.165) is 15.7 Å². The van der Waals surface area contributed by atoms with Gasteiger partial charge >= 0.3 is 11.4 Å². The van der Waals surface area contributed by atoms with E-state index in [9.17, 15) is 19.5 Å². The van der Waals surface area contributed by atoms with Crippen LogP contribution in [-0.2, 0) is 21.5 Å². The zero-order valence-electron chi connectivity index (χ0n) is 26.2. The Balaban J connectivity index is 1.43. The van der Waals surface area contributed by atoms with Crippen LogP contribution in [-0.4, -0.2) is 30.9 Å². The fourth-order valence-electron chi connectivity index (χ4n) is 8.33. The van der Waals surface area contributed by atoms with Gasteiger partial charge in [0.05, 0.1) is 35.3 Å². The molecule has 0 unspecified atom stereocenters. The molecule has 240 valence electrons. The minimum Gasteiger partial charge on any atom is -0.507 e. The molecular formula is C38H31ClN4O5. The van der Waals surface area contributed by atoms with E-state index in [1.807, 2.05) is 54.6 Å². The third-order valence-corrected chi connectivity index (χ3v) is 10.5. The highest BCUT2D eigenvalue weighted by atomic mass is 35.5. The van der Waals surface area contributed by atoms with E-state index < -0.39 is 46.5 Å². The zero-order valence-corrected chi connectivity index (χ0v) is 27.0. The number of carbonyl (C=O) groups is 2. The molecule has 9 nitrogen and oxygen atoms in total.